The molecular formula is C107H143N17O16S. The lowest BCUT2D eigenvalue weighted by atomic mass is 9.77. The summed E-state index contributed by atoms with van der Waals surface area (Å²) in [5, 5.41) is 38.9. The number of carbonyl (C=O) groups is 11. The molecule has 6 heterocycles. The minimum Gasteiger partial charge on any atom is -0.488 e. The summed E-state index contributed by atoms with van der Waals surface area (Å²) in [4.78, 5) is 179. The maximum Gasteiger partial charge on any atom is 0.264 e. The zero-order valence-electron chi connectivity index (χ0n) is 84.2. The zero-order chi connectivity index (χ0) is 102. The molecule has 4 aliphatic heterocycles. The number of ether oxygens (including phenoxy) is 3. The van der Waals surface area contributed by atoms with Crippen LogP contribution >= 0.6 is 0 Å². The van der Waals surface area contributed by atoms with E-state index in [0.717, 1.165) is 22.3 Å². The number of fused-ring (bicyclic) bond motifs is 4. The van der Waals surface area contributed by atoms with Crippen molar-refractivity contribution in [3.63, 3.8) is 0 Å². The number of carbonyl (C=O) groups excluding carboxylic acids is 11. The average Bonchev–Trinajstić information content (AvgIpc) is 1.72. The van der Waals surface area contributed by atoms with Crippen molar-refractivity contribution in [3.8, 4) is 11.5 Å². The molecule has 0 radical (unpaired) electrons. The van der Waals surface area contributed by atoms with Crippen LogP contribution in [0.15, 0.2) is 163 Å². The Morgan fingerprint density at radius 3 is 1.66 bits per heavy atom. The topological polar surface area (TPSA) is 446 Å². The van der Waals surface area contributed by atoms with Gasteiger partial charge in [0.15, 0.2) is 0 Å². The van der Waals surface area contributed by atoms with E-state index in [4.69, 9.17) is 24.6 Å². The fraction of sp³-hybridized carbons (Fsp3) is 0.505. The summed E-state index contributed by atoms with van der Waals surface area (Å²) >= 11 is 0. The molecule has 13 N–H and O–H groups in total. The molecule has 10 atom stereocenters. The predicted molar refractivity (Wildman–Crippen MR) is 539 cm³/mol. The molecule has 3 fully saturated rings. The molecule has 4 aliphatic rings. The van der Waals surface area contributed by atoms with E-state index in [-0.39, 0.29) is 125 Å². The SMILES string of the molecule is Cc1c(C)c(S(=O)(=O)NC(=N)NCCC[C@@H]2NC(=O)[C@H](CC(C)C)NC(=O)[C@@H](CC(C)C)NC(=O)[C@H](Cc3ccc(OC(C)(C)C)cc3)NC(=O)[C@H](COC(C)(C)C)NC(=O)[C@H](Cc3c[nH]c4ccccc34)NC(=O)[C@H](Cc3cn(C(c4ccccc4)(c4ccccc4)c4ccccc4)cn3)NC(=O)[C@@H]3CCCN3C(=O)CCCCCNC(=O)CC(C)NC(=O)[C@@H]3CCCN3C2=O)c(C)c2c1OC(C)(C)C2. The van der Waals surface area contributed by atoms with Crippen molar-refractivity contribution >= 4 is 91.9 Å². The third-order valence-electron chi connectivity index (χ3n) is 26.2. The quantitative estimate of drug-likeness (QED) is 0.0122. The highest BCUT2D eigenvalue weighted by atomic mass is 32.2. The van der Waals surface area contributed by atoms with Gasteiger partial charge in [0.1, 0.15) is 82.6 Å². The van der Waals surface area contributed by atoms with Crippen LogP contribution in [-0.4, -0.2) is 214 Å². The van der Waals surface area contributed by atoms with Crippen LogP contribution in [0.4, 0.5) is 0 Å². The number of benzene rings is 6. The number of hydrogen-bond donors (Lipinski definition) is 13. The van der Waals surface area contributed by atoms with Crippen molar-refractivity contribution in [2.75, 3.05) is 32.8 Å². The Hall–Kier alpha value is -13.0. The molecule has 34 heteroatoms. The number of aromatic amines is 1. The van der Waals surface area contributed by atoms with E-state index in [9.17, 15) is 22.8 Å². The zero-order valence-corrected chi connectivity index (χ0v) is 85.0. The van der Waals surface area contributed by atoms with Crippen LogP contribution in [-0.2, 0) is 98.7 Å². The monoisotopic (exact) mass is 1950 g/mol. The van der Waals surface area contributed by atoms with Crippen molar-refractivity contribution in [1.29, 1.82) is 5.41 Å². The summed E-state index contributed by atoms with van der Waals surface area (Å²) in [5.74, 6) is -7.61. The Bertz CT molecular complexity index is 5800. The minimum absolute atomic E-state index is 0.00192. The van der Waals surface area contributed by atoms with Crippen molar-refractivity contribution in [3.05, 3.63) is 214 Å². The smallest absolute Gasteiger partial charge is 0.264 e. The fourth-order valence-corrected chi connectivity index (χ4v) is 20.8. The predicted octanol–water partition coefficient (Wildman–Crippen LogP) is 10.2. The van der Waals surface area contributed by atoms with Gasteiger partial charge in [0.05, 0.1) is 29.1 Å². The molecule has 0 bridgehead atoms. The summed E-state index contributed by atoms with van der Waals surface area (Å²) in [7, 11) is -4.37. The number of aromatic nitrogens is 3. The molecule has 3 saturated heterocycles. The van der Waals surface area contributed by atoms with Crippen LogP contribution in [0.3, 0.4) is 0 Å². The van der Waals surface area contributed by atoms with E-state index in [1.54, 1.807) is 85.3 Å². The molecule has 6 aromatic carbocycles. The summed E-state index contributed by atoms with van der Waals surface area (Å²) in [6.45, 7) is 28.9. The average molecular weight is 1960 g/mol. The second-order valence-electron chi connectivity index (χ2n) is 41.3. The molecule has 12 rings (SSSR count). The van der Waals surface area contributed by atoms with Crippen LogP contribution in [0.5, 0.6) is 11.5 Å². The van der Waals surface area contributed by atoms with E-state index in [0.29, 0.717) is 94.4 Å². The normalized spacial score (nSPS) is 22.1. The van der Waals surface area contributed by atoms with Crippen LogP contribution in [0, 0.1) is 38.0 Å². The van der Waals surface area contributed by atoms with Crippen LogP contribution in [0.2, 0.25) is 0 Å². The number of amides is 11. The van der Waals surface area contributed by atoms with Gasteiger partial charge in [-0.1, -0.05) is 155 Å². The molecule has 0 spiro atoms. The number of hydrogen-bond acceptors (Lipinski definition) is 18. The molecule has 11 amide bonds. The Kier molecular flexibility index (Phi) is 35.7. The van der Waals surface area contributed by atoms with Crippen molar-refractivity contribution in [2.24, 2.45) is 11.8 Å². The standard InChI is InChI=1S/C107H143N17O16S/c1-65(2)54-82-94(127)114-81(42-31-51-110-103(108)121-141(136,137)93-69(7)68(6)92-79(70(93)8)60-106(15,16)140-92)102(135)124-53-33-44-89(124)100(133)113-67(5)56-90(125)109-50-30-20-27-45-91(126)123-52-32-43-88(123)101(134)119-86(59-76-62-122(64-112-76)107(73-34-21-17-22-35-73,74-36-23-18-24-37-74)75-38-25-19-26-39-75)98(131)118-85(58-72-61-111-80-41-29-28-40-78(72)80)97(130)120-87(63-138-104(9,10)11)99(132)117-84(96(129)116-83(55-66(3)4)95(128)115-82)57-71-46-48-77(49-47-71)139-105(12,13)14/h17-19,21-26,28-29,34-41,46-49,61-62,64-67,81-89,111H,20,27,30-33,42-45,50-60,63H2,1-16H3,(H,109,125)(H,113,133)(H,114,127)(H,115,128)(H,116,129)(H,117,132)(H,118,131)(H,119,134)(H,120,130)(H3,108,110,121)/t67?,81-,82-,83+,84-,85-,86-,87-,88-,89-/m0/s1. The molecule has 8 aromatic rings. The Morgan fingerprint density at radius 2 is 1.08 bits per heavy atom. The first-order valence-electron chi connectivity index (χ1n) is 49.5. The maximum absolute atomic E-state index is 16.1. The lowest BCUT2D eigenvalue weighted by Gasteiger charge is -2.37. The van der Waals surface area contributed by atoms with Gasteiger partial charge in [-0.25, -0.2) is 18.1 Å². The highest BCUT2D eigenvalue weighted by Crippen LogP contribution is 2.45. The van der Waals surface area contributed by atoms with Crippen LogP contribution in [0.1, 0.15) is 229 Å². The number of H-pyrrole nitrogens is 1. The highest BCUT2D eigenvalue weighted by Gasteiger charge is 2.45. The second kappa shape index (κ2) is 47.1. The van der Waals surface area contributed by atoms with Gasteiger partial charge < -0.3 is 86.7 Å². The summed E-state index contributed by atoms with van der Waals surface area (Å²) in [5.41, 5.74) is 4.02. The van der Waals surface area contributed by atoms with E-state index in [1.807, 2.05) is 188 Å². The number of imidazole rings is 1. The summed E-state index contributed by atoms with van der Waals surface area (Å²) in [6, 6.07) is 30.8. The third-order valence-corrected chi connectivity index (χ3v) is 27.8. The third kappa shape index (κ3) is 28.1. The van der Waals surface area contributed by atoms with Gasteiger partial charge in [-0.15, -0.1) is 0 Å². The van der Waals surface area contributed by atoms with Gasteiger partial charge in [0.25, 0.3) is 10.0 Å². The fourth-order valence-electron chi connectivity index (χ4n) is 19.3. The molecular weight excluding hydrogens is 1810 g/mol. The Morgan fingerprint density at radius 1 is 0.567 bits per heavy atom. The lowest BCUT2D eigenvalue weighted by Crippen LogP contribution is -2.62. The Balaban J connectivity index is 0.881. The molecule has 1 unspecified atom stereocenters. The molecule has 2 aromatic heterocycles. The first-order chi connectivity index (χ1) is 66.8. The van der Waals surface area contributed by atoms with Gasteiger partial charge in [-0.3, -0.25) is 58.1 Å². The molecule has 758 valence electrons. The van der Waals surface area contributed by atoms with Gasteiger partial charge in [0.2, 0.25) is 70.9 Å². The highest BCUT2D eigenvalue weighted by molar-refractivity contribution is 7.90. The molecule has 0 saturated carbocycles. The van der Waals surface area contributed by atoms with Crippen molar-refractivity contribution in [2.45, 2.75) is 308 Å². The number of nitrogens with zero attached hydrogens (tertiary/aromatic N) is 4. The van der Waals surface area contributed by atoms with Gasteiger partial charge in [0, 0.05) is 99.6 Å². The summed E-state index contributed by atoms with van der Waals surface area (Å²) < 4.78 is 51.8. The van der Waals surface area contributed by atoms with Gasteiger partial charge in [-0.05, 0) is 222 Å². The summed E-state index contributed by atoms with van der Waals surface area (Å²) in [6.07, 6.45) is 7.56. The molecule has 0 aliphatic carbocycles. The van der Waals surface area contributed by atoms with Crippen LogP contribution < -0.4 is 67.4 Å². The first kappa shape index (κ1) is 107. The maximum atomic E-state index is 16.1. The van der Waals surface area contributed by atoms with Gasteiger partial charge >= 0.3 is 0 Å². The van der Waals surface area contributed by atoms with Gasteiger partial charge in [-0.2, -0.15) is 0 Å². The van der Waals surface area contributed by atoms with E-state index in [1.165, 1.54) is 9.80 Å². The Labute approximate surface area is 827 Å². The number of para-hydroxylation sites is 1. The van der Waals surface area contributed by atoms with Crippen molar-refractivity contribution < 1.29 is 75.4 Å². The number of nitrogens with one attached hydrogen (secondary N) is 13. The van der Waals surface area contributed by atoms with Crippen LogP contribution in [0.25, 0.3) is 10.9 Å². The van der Waals surface area contributed by atoms with E-state index >= 15 is 38.4 Å². The second-order valence-corrected chi connectivity index (χ2v) is 42.9. The number of rotatable bonds is 23. The number of sulfonamides is 1. The van der Waals surface area contributed by atoms with E-state index in [2.05, 4.69) is 62.9 Å². The number of guanidine groups is 1. The minimum atomic E-state index is -4.37. The first-order valence-corrected chi connectivity index (χ1v) is 51.0. The molecule has 141 heavy (non-hydrogen) atoms. The molecule has 33 nitrogen and oxygen atoms in total. The largest absolute Gasteiger partial charge is 0.488 e. The van der Waals surface area contributed by atoms with E-state index < -0.39 is 159 Å². The van der Waals surface area contributed by atoms with Crippen molar-refractivity contribution in [1.82, 2.24) is 82.2 Å². The lowest BCUT2D eigenvalue weighted by molar-refractivity contribution is -0.142.